The molecule has 2 nitrogen and oxygen atoms in total. The van der Waals surface area contributed by atoms with Crippen LogP contribution in [-0.4, -0.2) is 37.1 Å². The lowest BCUT2D eigenvalue weighted by atomic mass is 9.92. The average molecular weight is 292 g/mol. The zero-order valence-corrected chi connectivity index (χ0v) is 13.5. The molecule has 20 heavy (non-hydrogen) atoms. The van der Waals surface area contributed by atoms with Crippen LogP contribution in [0.4, 0.5) is 0 Å². The van der Waals surface area contributed by atoms with Crippen molar-refractivity contribution in [3.63, 3.8) is 0 Å². The number of rotatable bonds is 5. The number of thiophene rings is 1. The molecule has 0 radical (unpaired) electrons. The normalized spacial score (nSPS) is 29.1. The molecule has 1 aromatic heterocycles. The summed E-state index contributed by atoms with van der Waals surface area (Å²) in [6.45, 7) is 7.22. The smallest absolute Gasteiger partial charge is 0.0201 e. The SMILES string of the molecule is CCN1CC(NCC2CCCC2)CC(c2cccs2)C1. The minimum absolute atomic E-state index is 0.691. The van der Waals surface area contributed by atoms with Gasteiger partial charge in [-0.05, 0) is 49.7 Å². The molecule has 3 heteroatoms. The second kappa shape index (κ2) is 7.06. The van der Waals surface area contributed by atoms with Crippen LogP contribution < -0.4 is 5.32 Å². The van der Waals surface area contributed by atoms with Crippen LogP contribution in [0.1, 0.15) is 49.8 Å². The molecule has 0 aromatic carbocycles. The minimum atomic E-state index is 0.691. The molecule has 2 aliphatic rings. The predicted octanol–water partition coefficient (Wildman–Crippen LogP) is 3.71. The van der Waals surface area contributed by atoms with E-state index >= 15 is 0 Å². The van der Waals surface area contributed by atoms with Gasteiger partial charge in [0.05, 0.1) is 0 Å². The van der Waals surface area contributed by atoms with Gasteiger partial charge in [0.2, 0.25) is 0 Å². The van der Waals surface area contributed by atoms with Gasteiger partial charge < -0.3 is 10.2 Å². The Kier molecular flexibility index (Phi) is 5.14. The molecule has 1 aliphatic heterocycles. The first-order valence-electron chi connectivity index (χ1n) is 8.34. The summed E-state index contributed by atoms with van der Waals surface area (Å²) in [5.74, 6) is 1.69. The molecule has 0 amide bonds. The third kappa shape index (κ3) is 3.63. The second-order valence-corrected chi connectivity index (χ2v) is 7.54. The van der Waals surface area contributed by atoms with Crippen LogP contribution >= 0.6 is 11.3 Å². The van der Waals surface area contributed by atoms with Crippen molar-refractivity contribution in [3.8, 4) is 0 Å². The van der Waals surface area contributed by atoms with Gasteiger partial charge in [-0.25, -0.2) is 0 Å². The van der Waals surface area contributed by atoms with Crippen LogP contribution in [-0.2, 0) is 0 Å². The van der Waals surface area contributed by atoms with Crippen LogP contribution in [0, 0.1) is 5.92 Å². The van der Waals surface area contributed by atoms with Gasteiger partial charge in [0.1, 0.15) is 0 Å². The Morgan fingerprint density at radius 1 is 1.30 bits per heavy atom. The average Bonchev–Trinajstić information content (AvgIpc) is 3.17. The highest BCUT2D eigenvalue weighted by Crippen LogP contribution is 2.30. The lowest BCUT2D eigenvalue weighted by Gasteiger charge is -2.38. The van der Waals surface area contributed by atoms with E-state index in [1.54, 1.807) is 4.88 Å². The van der Waals surface area contributed by atoms with E-state index in [1.165, 1.54) is 58.3 Å². The van der Waals surface area contributed by atoms with Gasteiger partial charge in [-0.2, -0.15) is 0 Å². The maximum absolute atomic E-state index is 3.88. The summed E-state index contributed by atoms with van der Waals surface area (Å²) in [6, 6.07) is 5.21. The Bertz CT molecular complexity index is 384. The molecule has 1 N–H and O–H groups in total. The summed E-state index contributed by atoms with van der Waals surface area (Å²) >= 11 is 1.93. The van der Waals surface area contributed by atoms with Crippen molar-refractivity contribution < 1.29 is 0 Å². The molecule has 1 aromatic rings. The summed E-state index contributed by atoms with van der Waals surface area (Å²) in [6.07, 6.45) is 7.13. The molecule has 2 atom stereocenters. The van der Waals surface area contributed by atoms with Crippen molar-refractivity contribution in [2.24, 2.45) is 5.92 Å². The molecule has 1 saturated heterocycles. The molecular weight excluding hydrogens is 264 g/mol. The number of likely N-dealkylation sites (N-methyl/N-ethyl adjacent to an activating group) is 1. The van der Waals surface area contributed by atoms with E-state index in [9.17, 15) is 0 Å². The van der Waals surface area contributed by atoms with Crippen LogP contribution in [0.5, 0.6) is 0 Å². The Hall–Kier alpha value is -0.380. The van der Waals surface area contributed by atoms with Crippen LogP contribution in [0.25, 0.3) is 0 Å². The van der Waals surface area contributed by atoms with Crippen molar-refractivity contribution in [3.05, 3.63) is 22.4 Å². The van der Waals surface area contributed by atoms with Crippen molar-refractivity contribution in [1.82, 2.24) is 10.2 Å². The van der Waals surface area contributed by atoms with Gasteiger partial charge in [0, 0.05) is 29.9 Å². The first kappa shape index (κ1) is 14.6. The van der Waals surface area contributed by atoms with Crippen molar-refractivity contribution in [2.45, 2.75) is 51.0 Å². The molecule has 2 heterocycles. The Morgan fingerprint density at radius 2 is 2.15 bits per heavy atom. The first-order valence-corrected chi connectivity index (χ1v) is 9.22. The molecule has 1 saturated carbocycles. The lowest BCUT2D eigenvalue weighted by molar-refractivity contribution is 0.177. The van der Waals surface area contributed by atoms with Gasteiger partial charge in [-0.1, -0.05) is 25.8 Å². The molecule has 0 spiro atoms. The standard InChI is InChI=1S/C17H28N2S/c1-2-19-12-15(17-8-5-9-20-17)10-16(13-19)18-11-14-6-3-4-7-14/h5,8-9,14-16,18H,2-4,6-7,10-13H2,1H3. The fourth-order valence-corrected chi connectivity index (χ4v) is 4.71. The van der Waals surface area contributed by atoms with Gasteiger partial charge in [-0.3, -0.25) is 0 Å². The molecule has 2 unspecified atom stereocenters. The van der Waals surface area contributed by atoms with E-state index in [1.807, 2.05) is 11.3 Å². The quantitative estimate of drug-likeness (QED) is 0.890. The van der Waals surface area contributed by atoms with Gasteiger partial charge >= 0.3 is 0 Å². The van der Waals surface area contributed by atoms with E-state index in [0.29, 0.717) is 6.04 Å². The molecular formula is C17H28N2S. The molecule has 1 aliphatic carbocycles. The van der Waals surface area contributed by atoms with Gasteiger partial charge in [-0.15, -0.1) is 11.3 Å². The summed E-state index contributed by atoms with van der Waals surface area (Å²) in [5, 5.41) is 6.11. The summed E-state index contributed by atoms with van der Waals surface area (Å²) in [7, 11) is 0. The Morgan fingerprint density at radius 3 is 2.85 bits per heavy atom. The summed E-state index contributed by atoms with van der Waals surface area (Å²) < 4.78 is 0. The third-order valence-electron chi connectivity index (χ3n) is 5.09. The van der Waals surface area contributed by atoms with Crippen molar-refractivity contribution in [2.75, 3.05) is 26.2 Å². The lowest BCUT2D eigenvalue weighted by Crippen LogP contribution is -2.49. The van der Waals surface area contributed by atoms with Gasteiger partial charge in [0.15, 0.2) is 0 Å². The maximum atomic E-state index is 3.88. The fourth-order valence-electron chi connectivity index (χ4n) is 3.87. The van der Waals surface area contributed by atoms with Gasteiger partial charge in [0.25, 0.3) is 0 Å². The van der Waals surface area contributed by atoms with Crippen molar-refractivity contribution in [1.29, 1.82) is 0 Å². The first-order chi connectivity index (χ1) is 9.85. The molecule has 2 fully saturated rings. The molecule has 3 rings (SSSR count). The van der Waals surface area contributed by atoms with E-state index in [2.05, 4.69) is 34.7 Å². The van der Waals surface area contributed by atoms with E-state index in [4.69, 9.17) is 0 Å². The largest absolute Gasteiger partial charge is 0.312 e. The van der Waals surface area contributed by atoms with E-state index < -0.39 is 0 Å². The number of piperidine rings is 1. The fraction of sp³-hybridized carbons (Fsp3) is 0.765. The second-order valence-electron chi connectivity index (χ2n) is 6.56. The molecule has 112 valence electrons. The van der Waals surface area contributed by atoms with Crippen molar-refractivity contribution >= 4 is 11.3 Å². The zero-order chi connectivity index (χ0) is 13.8. The van der Waals surface area contributed by atoms with E-state index in [-0.39, 0.29) is 0 Å². The third-order valence-corrected chi connectivity index (χ3v) is 6.12. The Labute approximate surface area is 127 Å². The number of hydrogen-bond donors (Lipinski definition) is 1. The summed E-state index contributed by atoms with van der Waals surface area (Å²) in [5.41, 5.74) is 0. The topological polar surface area (TPSA) is 15.3 Å². The van der Waals surface area contributed by atoms with Crippen LogP contribution in [0.2, 0.25) is 0 Å². The highest BCUT2D eigenvalue weighted by molar-refractivity contribution is 7.10. The molecule has 0 bridgehead atoms. The van der Waals surface area contributed by atoms with Crippen LogP contribution in [0.15, 0.2) is 17.5 Å². The summed E-state index contributed by atoms with van der Waals surface area (Å²) in [4.78, 5) is 4.20. The minimum Gasteiger partial charge on any atom is -0.312 e. The van der Waals surface area contributed by atoms with Crippen LogP contribution in [0.3, 0.4) is 0 Å². The Balaban J connectivity index is 1.55. The number of hydrogen-bond acceptors (Lipinski definition) is 3. The monoisotopic (exact) mass is 292 g/mol. The highest BCUT2D eigenvalue weighted by atomic mass is 32.1. The number of nitrogens with one attached hydrogen (secondary N) is 1. The highest BCUT2D eigenvalue weighted by Gasteiger charge is 2.28. The number of likely N-dealkylation sites (tertiary alicyclic amines) is 1. The number of nitrogens with zero attached hydrogens (tertiary/aromatic N) is 1. The van der Waals surface area contributed by atoms with E-state index in [0.717, 1.165) is 11.8 Å². The predicted molar refractivity (Wildman–Crippen MR) is 87.5 cm³/mol. The maximum Gasteiger partial charge on any atom is 0.0201 e. The zero-order valence-electron chi connectivity index (χ0n) is 12.7.